The van der Waals surface area contributed by atoms with E-state index in [2.05, 4.69) is 15.9 Å². The number of piperidine rings is 1. The molecule has 0 radical (unpaired) electrons. The fourth-order valence-electron chi connectivity index (χ4n) is 2.58. The average molecular weight is 355 g/mol. The fraction of sp³-hybridized carbons (Fsp3) is 0.467. The minimum Gasteiger partial charge on any atom is -0.507 e. The van der Waals surface area contributed by atoms with Crippen molar-refractivity contribution < 1.29 is 14.7 Å². The molecule has 0 aliphatic carbocycles. The number of halogens is 1. The van der Waals surface area contributed by atoms with E-state index in [9.17, 15) is 14.7 Å². The number of carbonyl (C=O) groups excluding carboxylic acids is 2. The molecule has 21 heavy (non-hydrogen) atoms. The topological polar surface area (TPSA) is 60.9 Å². The lowest BCUT2D eigenvalue weighted by Crippen LogP contribution is -2.45. The first-order chi connectivity index (χ1) is 9.90. The maximum Gasteiger partial charge on any atom is 0.257 e. The molecule has 1 aromatic rings. The molecule has 1 N–H and O–H groups in total. The van der Waals surface area contributed by atoms with E-state index >= 15 is 0 Å². The third kappa shape index (κ3) is 3.56. The molecule has 1 saturated heterocycles. The van der Waals surface area contributed by atoms with E-state index in [1.807, 2.05) is 0 Å². The molecule has 1 atom stereocenters. The summed E-state index contributed by atoms with van der Waals surface area (Å²) in [6, 6.07) is 4.82. The Morgan fingerprint density at radius 2 is 2.10 bits per heavy atom. The van der Waals surface area contributed by atoms with E-state index < -0.39 is 0 Å². The number of carbonyl (C=O) groups is 2. The van der Waals surface area contributed by atoms with Crippen molar-refractivity contribution in [3.8, 4) is 5.75 Å². The molecule has 5 nitrogen and oxygen atoms in total. The van der Waals surface area contributed by atoms with Crippen LogP contribution in [0.5, 0.6) is 5.75 Å². The van der Waals surface area contributed by atoms with Crippen LogP contribution in [0.15, 0.2) is 22.7 Å². The first-order valence-electron chi connectivity index (χ1n) is 6.89. The van der Waals surface area contributed by atoms with Gasteiger partial charge in [-0.25, -0.2) is 0 Å². The lowest BCUT2D eigenvalue weighted by atomic mass is 9.96. The van der Waals surface area contributed by atoms with Crippen LogP contribution in [0.4, 0.5) is 0 Å². The third-order valence-corrected chi connectivity index (χ3v) is 4.18. The molecule has 1 aromatic carbocycles. The van der Waals surface area contributed by atoms with Crippen LogP contribution in [0, 0.1) is 5.92 Å². The molecule has 2 amide bonds. The molecular weight excluding hydrogens is 336 g/mol. The zero-order chi connectivity index (χ0) is 15.6. The van der Waals surface area contributed by atoms with Gasteiger partial charge in [0, 0.05) is 31.7 Å². The zero-order valence-electron chi connectivity index (χ0n) is 12.2. The summed E-state index contributed by atoms with van der Waals surface area (Å²) < 4.78 is 0.718. The molecular formula is C15H19BrN2O3. The standard InChI is InChI=1S/C15H19BrN2O3/c1-17(2)14(20)10-4-3-7-18(9-10)15(21)12-6-5-11(16)8-13(12)19/h5-6,8,10,19H,3-4,7,9H2,1-2H3. The molecule has 1 heterocycles. The molecule has 1 unspecified atom stereocenters. The molecule has 0 saturated carbocycles. The number of aromatic hydroxyl groups is 1. The summed E-state index contributed by atoms with van der Waals surface area (Å²) in [6.07, 6.45) is 1.60. The van der Waals surface area contributed by atoms with Gasteiger partial charge in [0.2, 0.25) is 5.91 Å². The summed E-state index contributed by atoms with van der Waals surface area (Å²) in [5.41, 5.74) is 0.274. The summed E-state index contributed by atoms with van der Waals surface area (Å²) >= 11 is 3.25. The van der Waals surface area contributed by atoms with Gasteiger partial charge in [-0.3, -0.25) is 9.59 Å². The van der Waals surface area contributed by atoms with Crippen LogP contribution in [0.1, 0.15) is 23.2 Å². The van der Waals surface area contributed by atoms with Crippen LogP contribution in [-0.4, -0.2) is 53.9 Å². The number of nitrogens with zero attached hydrogens (tertiary/aromatic N) is 2. The van der Waals surface area contributed by atoms with Crippen LogP contribution in [0.3, 0.4) is 0 Å². The first kappa shape index (κ1) is 15.8. The number of rotatable bonds is 2. The number of hydrogen-bond donors (Lipinski definition) is 1. The third-order valence-electron chi connectivity index (χ3n) is 3.69. The highest BCUT2D eigenvalue weighted by atomic mass is 79.9. The monoisotopic (exact) mass is 354 g/mol. The van der Waals surface area contributed by atoms with Crippen molar-refractivity contribution >= 4 is 27.7 Å². The molecule has 6 heteroatoms. The Hall–Kier alpha value is -1.56. The quantitative estimate of drug-likeness (QED) is 0.884. The predicted molar refractivity (Wildman–Crippen MR) is 83.1 cm³/mol. The number of benzene rings is 1. The van der Waals surface area contributed by atoms with E-state index in [-0.39, 0.29) is 29.0 Å². The lowest BCUT2D eigenvalue weighted by molar-refractivity contribution is -0.134. The Balaban J connectivity index is 2.14. The van der Waals surface area contributed by atoms with Gasteiger partial charge in [0.1, 0.15) is 5.75 Å². The fourth-order valence-corrected chi connectivity index (χ4v) is 2.93. The van der Waals surface area contributed by atoms with Gasteiger partial charge in [-0.15, -0.1) is 0 Å². The minimum atomic E-state index is -0.226. The van der Waals surface area contributed by atoms with Crippen LogP contribution in [-0.2, 0) is 4.79 Å². The Morgan fingerprint density at radius 3 is 2.71 bits per heavy atom. The van der Waals surface area contributed by atoms with E-state index in [4.69, 9.17) is 0 Å². The van der Waals surface area contributed by atoms with Crippen LogP contribution in [0.2, 0.25) is 0 Å². The van der Waals surface area contributed by atoms with Gasteiger partial charge >= 0.3 is 0 Å². The van der Waals surface area contributed by atoms with Gasteiger partial charge in [0.25, 0.3) is 5.91 Å². The molecule has 1 aliphatic heterocycles. The van der Waals surface area contributed by atoms with Crippen molar-refractivity contribution in [3.63, 3.8) is 0 Å². The highest BCUT2D eigenvalue weighted by Crippen LogP contribution is 2.26. The molecule has 0 aromatic heterocycles. The van der Waals surface area contributed by atoms with Crippen molar-refractivity contribution in [2.75, 3.05) is 27.2 Å². The first-order valence-corrected chi connectivity index (χ1v) is 7.68. The smallest absolute Gasteiger partial charge is 0.257 e. The summed E-state index contributed by atoms with van der Waals surface area (Å²) in [5, 5.41) is 9.90. The maximum absolute atomic E-state index is 12.5. The highest BCUT2D eigenvalue weighted by Gasteiger charge is 2.30. The molecule has 1 aliphatic rings. The predicted octanol–water partition coefficient (Wildman–Crippen LogP) is 2.10. The van der Waals surface area contributed by atoms with Crippen molar-refractivity contribution in [3.05, 3.63) is 28.2 Å². The van der Waals surface area contributed by atoms with Gasteiger partial charge < -0.3 is 14.9 Å². The Labute approximate surface area is 132 Å². The van der Waals surface area contributed by atoms with Crippen LogP contribution >= 0.6 is 15.9 Å². The lowest BCUT2D eigenvalue weighted by Gasteiger charge is -2.33. The summed E-state index contributed by atoms with van der Waals surface area (Å²) in [7, 11) is 3.45. The largest absolute Gasteiger partial charge is 0.507 e. The van der Waals surface area contributed by atoms with Crippen LogP contribution in [0.25, 0.3) is 0 Å². The Bertz CT molecular complexity index is 560. The van der Waals surface area contributed by atoms with E-state index in [0.717, 1.165) is 17.3 Å². The highest BCUT2D eigenvalue weighted by molar-refractivity contribution is 9.10. The van der Waals surface area contributed by atoms with Gasteiger partial charge in [-0.1, -0.05) is 15.9 Å². The minimum absolute atomic E-state index is 0.0459. The van der Waals surface area contributed by atoms with Crippen molar-refractivity contribution in [2.24, 2.45) is 5.92 Å². The van der Waals surface area contributed by atoms with Gasteiger partial charge in [-0.05, 0) is 31.0 Å². The maximum atomic E-state index is 12.5. The molecule has 0 bridgehead atoms. The van der Waals surface area contributed by atoms with Gasteiger partial charge in [0.05, 0.1) is 11.5 Å². The number of phenolic OH excluding ortho intramolecular Hbond substituents is 1. The van der Waals surface area contributed by atoms with E-state index in [0.29, 0.717) is 13.1 Å². The number of phenols is 1. The SMILES string of the molecule is CN(C)C(=O)C1CCCN(C(=O)c2ccc(Br)cc2O)C1. The molecule has 0 spiro atoms. The average Bonchev–Trinajstić information content (AvgIpc) is 2.46. The Morgan fingerprint density at radius 1 is 1.38 bits per heavy atom. The van der Waals surface area contributed by atoms with E-state index in [1.165, 1.54) is 6.07 Å². The summed E-state index contributed by atoms with van der Waals surface area (Å²) in [5.74, 6) is -0.380. The van der Waals surface area contributed by atoms with Crippen molar-refractivity contribution in [1.29, 1.82) is 0 Å². The second kappa shape index (κ2) is 6.47. The number of hydrogen-bond acceptors (Lipinski definition) is 3. The Kier molecular flexibility index (Phi) is 4.88. The molecule has 114 valence electrons. The van der Waals surface area contributed by atoms with Crippen molar-refractivity contribution in [1.82, 2.24) is 9.80 Å². The van der Waals surface area contributed by atoms with Gasteiger partial charge in [-0.2, -0.15) is 0 Å². The normalized spacial score (nSPS) is 18.4. The summed E-state index contributed by atoms with van der Waals surface area (Å²) in [4.78, 5) is 27.8. The molecule has 1 fully saturated rings. The van der Waals surface area contributed by atoms with Crippen molar-refractivity contribution in [2.45, 2.75) is 12.8 Å². The molecule has 2 rings (SSSR count). The van der Waals surface area contributed by atoms with Crippen LogP contribution < -0.4 is 0 Å². The summed E-state index contributed by atoms with van der Waals surface area (Å²) in [6.45, 7) is 1.02. The number of likely N-dealkylation sites (tertiary alicyclic amines) is 1. The zero-order valence-corrected chi connectivity index (χ0v) is 13.8. The second-order valence-electron chi connectivity index (χ2n) is 5.48. The number of amides is 2. The van der Waals surface area contributed by atoms with E-state index in [1.54, 1.807) is 36.0 Å². The second-order valence-corrected chi connectivity index (χ2v) is 6.40. The van der Waals surface area contributed by atoms with Gasteiger partial charge in [0.15, 0.2) is 0 Å².